The fraction of sp³-hybridized carbons (Fsp3) is 0.571. The Bertz CT molecular complexity index is 464. The molecule has 0 spiro atoms. The van der Waals surface area contributed by atoms with E-state index in [1.165, 1.54) is 12.1 Å². The minimum Gasteiger partial charge on any atom is -0.369 e. The molecule has 0 aromatic heterocycles. The lowest BCUT2D eigenvalue weighted by Crippen LogP contribution is -2.61. The molecule has 3 nitrogen and oxygen atoms in total. The van der Waals surface area contributed by atoms with Crippen LogP contribution in [0.4, 0.5) is 18.9 Å². The van der Waals surface area contributed by atoms with E-state index in [2.05, 4.69) is 15.1 Å². The van der Waals surface area contributed by atoms with Crippen LogP contribution in [0.5, 0.6) is 0 Å². The molecule has 1 atom stereocenters. The molecular formula is C14H19ClF3N3. The number of fused-ring (bicyclic) bond motifs is 1. The highest BCUT2D eigenvalue weighted by atomic mass is 35.5. The van der Waals surface area contributed by atoms with Crippen molar-refractivity contribution < 1.29 is 13.2 Å². The minimum absolute atomic E-state index is 0. The highest BCUT2D eigenvalue weighted by molar-refractivity contribution is 5.85. The third-order valence-electron chi connectivity index (χ3n) is 4.12. The Hall–Kier alpha value is -0.980. The molecule has 7 heteroatoms. The number of alkyl halides is 3. The van der Waals surface area contributed by atoms with Crippen LogP contribution in [0.25, 0.3) is 0 Å². The molecule has 118 valence electrons. The van der Waals surface area contributed by atoms with Crippen molar-refractivity contribution >= 4 is 18.1 Å². The standard InChI is InChI=1S/C14H18F3N3.ClH/c15-14(16,17)11-1-3-12(4-2-11)20-8-7-19-6-5-18-9-13(19)10-20;/h1-4,13,18H,5-10H2;1H. The van der Waals surface area contributed by atoms with E-state index >= 15 is 0 Å². The zero-order valence-corrected chi connectivity index (χ0v) is 12.4. The first-order chi connectivity index (χ1) is 9.54. The van der Waals surface area contributed by atoms with Gasteiger partial charge in [-0.05, 0) is 24.3 Å². The van der Waals surface area contributed by atoms with Crippen LogP contribution in [-0.2, 0) is 6.18 Å². The van der Waals surface area contributed by atoms with Gasteiger partial charge in [0.25, 0.3) is 0 Å². The fourth-order valence-corrected chi connectivity index (χ4v) is 2.97. The summed E-state index contributed by atoms with van der Waals surface area (Å²) in [6.45, 7) is 5.77. The molecule has 21 heavy (non-hydrogen) atoms. The monoisotopic (exact) mass is 321 g/mol. The van der Waals surface area contributed by atoms with Gasteiger partial charge in [0.2, 0.25) is 0 Å². The Labute approximate surface area is 128 Å². The number of anilines is 1. The number of halogens is 4. The van der Waals surface area contributed by atoms with Gasteiger partial charge >= 0.3 is 6.18 Å². The molecule has 2 heterocycles. The molecule has 2 aliphatic heterocycles. The normalized spacial score (nSPS) is 23.4. The molecule has 1 N–H and O–H groups in total. The molecule has 2 fully saturated rings. The third-order valence-corrected chi connectivity index (χ3v) is 4.12. The maximum absolute atomic E-state index is 12.6. The van der Waals surface area contributed by atoms with E-state index in [1.54, 1.807) is 12.1 Å². The third kappa shape index (κ3) is 3.62. The van der Waals surface area contributed by atoms with Crippen LogP contribution in [0, 0.1) is 0 Å². The Kier molecular flexibility index (Phi) is 5.01. The maximum Gasteiger partial charge on any atom is 0.416 e. The number of hydrogen-bond donors (Lipinski definition) is 1. The van der Waals surface area contributed by atoms with Crippen molar-refractivity contribution in [2.75, 3.05) is 44.2 Å². The zero-order valence-electron chi connectivity index (χ0n) is 11.6. The van der Waals surface area contributed by atoms with Crippen molar-refractivity contribution in [2.45, 2.75) is 12.2 Å². The summed E-state index contributed by atoms with van der Waals surface area (Å²) in [6, 6.07) is 5.95. The van der Waals surface area contributed by atoms with Crippen LogP contribution in [0.15, 0.2) is 24.3 Å². The van der Waals surface area contributed by atoms with Gasteiger partial charge in [-0.15, -0.1) is 12.4 Å². The van der Waals surface area contributed by atoms with Crippen molar-refractivity contribution in [1.29, 1.82) is 0 Å². The van der Waals surface area contributed by atoms with E-state index in [9.17, 15) is 13.2 Å². The van der Waals surface area contributed by atoms with E-state index in [4.69, 9.17) is 0 Å². The molecule has 2 saturated heterocycles. The van der Waals surface area contributed by atoms with Gasteiger partial charge in [0.15, 0.2) is 0 Å². The molecule has 0 amide bonds. The summed E-state index contributed by atoms with van der Waals surface area (Å²) >= 11 is 0. The summed E-state index contributed by atoms with van der Waals surface area (Å²) in [5.41, 5.74) is 0.294. The minimum atomic E-state index is -4.26. The molecule has 1 unspecified atom stereocenters. The molecule has 3 rings (SSSR count). The van der Waals surface area contributed by atoms with E-state index in [1.807, 2.05) is 0 Å². The Morgan fingerprint density at radius 1 is 1.05 bits per heavy atom. The first kappa shape index (κ1) is 16.4. The largest absolute Gasteiger partial charge is 0.416 e. The molecule has 0 aliphatic carbocycles. The number of piperazine rings is 2. The average Bonchev–Trinajstić information content (AvgIpc) is 2.46. The summed E-state index contributed by atoms with van der Waals surface area (Å²) in [4.78, 5) is 4.63. The van der Waals surface area contributed by atoms with Crippen LogP contribution < -0.4 is 10.2 Å². The Morgan fingerprint density at radius 2 is 1.76 bits per heavy atom. The van der Waals surface area contributed by atoms with Gasteiger partial charge in [0.05, 0.1) is 5.56 Å². The number of hydrogen-bond acceptors (Lipinski definition) is 3. The molecule has 2 aliphatic rings. The van der Waals surface area contributed by atoms with Crippen LogP contribution in [0.3, 0.4) is 0 Å². The number of benzene rings is 1. The van der Waals surface area contributed by atoms with Gasteiger partial charge < -0.3 is 10.2 Å². The average molecular weight is 322 g/mol. The number of nitrogens with one attached hydrogen (secondary N) is 1. The van der Waals surface area contributed by atoms with Crippen molar-refractivity contribution in [3.05, 3.63) is 29.8 Å². The topological polar surface area (TPSA) is 18.5 Å². The van der Waals surface area contributed by atoms with E-state index in [0.29, 0.717) is 6.04 Å². The lowest BCUT2D eigenvalue weighted by atomic mass is 10.1. The second-order valence-electron chi connectivity index (χ2n) is 5.38. The molecule has 1 aromatic rings. The van der Waals surface area contributed by atoms with E-state index in [-0.39, 0.29) is 12.4 Å². The van der Waals surface area contributed by atoms with Crippen molar-refractivity contribution in [3.8, 4) is 0 Å². The molecular weight excluding hydrogens is 303 g/mol. The SMILES string of the molecule is Cl.FC(F)(F)c1ccc(N2CCN3CCNCC3C2)cc1. The summed E-state index contributed by atoms with van der Waals surface area (Å²) in [6.07, 6.45) is -4.26. The van der Waals surface area contributed by atoms with Gasteiger partial charge in [-0.1, -0.05) is 0 Å². The summed E-state index contributed by atoms with van der Waals surface area (Å²) in [7, 11) is 0. The summed E-state index contributed by atoms with van der Waals surface area (Å²) in [5, 5.41) is 3.37. The second kappa shape index (κ2) is 6.42. The number of nitrogens with zero attached hydrogens (tertiary/aromatic N) is 2. The highest BCUT2D eigenvalue weighted by Gasteiger charge is 2.31. The van der Waals surface area contributed by atoms with Gasteiger partial charge in [-0.3, -0.25) is 4.90 Å². The first-order valence-corrected chi connectivity index (χ1v) is 6.91. The number of rotatable bonds is 1. The summed E-state index contributed by atoms with van der Waals surface area (Å²) < 4.78 is 37.7. The lowest BCUT2D eigenvalue weighted by Gasteiger charge is -2.45. The fourth-order valence-electron chi connectivity index (χ4n) is 2.97. The van der Waals surface area contributed by atoms with Crippen molar-refractivity contribution in [3.63, 3.8) is 0 Å². The van der Waals surface area contributed by atoms with Gasteiger partial charge in [0, 0.05) is 51.0 Å². The van der Waals surface area contributed by atoms with Gasteiger partial charge in [0.1, 0.15) is 0 Å². The quantitative estimate of drug-likeness (QED) is 0.855. The molecule has 0 saturated carbocycles. The predicted molar refractivity (Wildman–Crippen MR) is 79.1 cm³/mol. The van der Waals surface area contributed by atoms with Gasteiger partial charge in [-0.2, -0.15) is 13.2 Å². The van der Waals surface area contributed by atoms with E-state index < -0.39 is 11.7 Å². The van der Waals surface area contributed by atoms with Crippen molar-refractivity contribution in [1.82, 2.24) is 10.2 Å². The highest BCUT2D eigenvalue weighted by Crippen LogP contribution is 2.31. The first-order valence-electron chi connectivity index (χ1n) is 6.91. The zero-order chi connectivity index (χ0) is 14.2. The van der Waals surface area contributed by atoms with Crippen molar-refractivity contribution in [2.24, 2.45) is 0 Å². The Balaban J connectivity index is 0.00000161. The maximum atomic E-state index is 12.6. The van der Waals surface area contributed by atoms with Crippen LogP contribution >= 0.6 is 12.4 Å². The smallest absolute Gasteiger partial charge is 0.369 e. The van der Waals surface area contributed by atoms with Crippen LogP contribution in [-0.4, -0.2) is 50.2 Å². The predicted octanol–water partition coefficient (Wildman–Crippen LogP) is 2.22. The van der Waals surface area contributed by atoms with Gasteiger partial charge in [-0.25, -0.2) is 0 Å². The molecule has 0 radical (unpaired) electrons. The molecule has 1 aromatic carbocycles. The van der Waals surface area contributed by atoms with Crippen LogP contribution in [0.2, 0.25) is 0 Å². The molecule has 0 bridgehead atoms. The summed E-state index contributed by atoms with van der Waals surface area (Å²) in [5.74, 6) is 0. The Morgan fingerprint density at radius 3 is 2.43 bits per heavy atom. The van der Waals surface area contributed by atoms with E-state index in [0.717, 1.165) is 45.0 Å². The lowest BCUT2D eigenvalue weighted by molar-refractivity contribution is -0.137. The second-order valence-corrected chi connectivity index (χ2v) is 5.38. The van der Waals surface area contributed by atoms with Crippen LogP contribution in [0.1, 0.15) is 5.56 Å².